The number of aliphatic imine (C=N–C) groups is 1. The Morgan fingerprint density at radius 1 is 0.864 bits per heavy atom. The number of aromatic nitrogens is 2. The van der Waals surface area contributed by atoms with E-state index in [4.69, 9.17) is 19.5 Å². The minimum absolute atomic E-state index is 0.00814. The molecular formula is C39H33N3O2. The van der Waals surface area contributed by atoms with Crippen LogP contribution in [-0.2, 0) is 16.6 Å². The van der Waals surface area contributed by atoms with Gasteiger partial charge in [-0.15, -0.1) is 0 Å². The van der Waals surface area contributed by atoms with E-state index in [1.165, 1.54) is 44.1 Å². The minimum Gasteiger partial charge on any atom is -0.467 e. The summed E-state index contributed by atoms with van der Waals surface area (Å²) in [6.45, 7) is 11.0. The molecule has 0 unspecified atom stereocenters. The molecule has 216 valence electrons. The Kier molecular flexibility index (Phi) is 5.13. The molecular weight excluding hydrogens is 542 g/mol. The van der Waals surface area contributed by atoms with Crippen molar-refractivity contribution in [2.24, 2.45) is 4.99 Å². The summed E-state index contributed by atoms with van der Waals surface area (Å²) in [7, 11) is 0. The van der Waals surface area contributed by atoms with E-state index in [1.54, 1.807) is 0 Å². The second-order valence-electron chi connectivity index (χ2n) is 13.3. The maximum absolute atomic E-state index is 6.70. The first-order chi connectivity index (χ1) is 21.3. The number of rotatable bonds is 3. The van der Waals surface area contributed by atoms with E-state index in [9.17, 15) is 0 Å². The molecule has 9 rings (SSSR count). The molecule has 6 aromatic rings. The fourth-order valence-corrected chi connectivity index (χ4v) is 7.73. The molecule has 5 nitrogen and oxygen atoms in total. The van der Waals surface area contributed by atoms with Crippen LogP contribution in [0.1, 0.15) is 64.5 Å². The molecule has 0 N–H and O–H groups in total. The second-order valence-corrected chi connectivity index (χ2v) is 13.3. The van der Waals surface area contributed by atoms with Crippen LogP contribution < -0.4 is 4.74 Å². The van der Waals surface area contributed by atoms with Crippen LogP contribution in [0.3, 0.4) is 0 Å². The Bertz CT molecular complexity index is 2240. The van der Waals surface area contributed by atoms with Crippen LogP contribution in [0.4, 0.5) is 0 Å². The first kappa shape index (κ1) is 25.6. The van der Waals surface area contributed by atoms with Crippen molar-refractivity contribution in [2.75, 3.05) is 0 Å². The van der Waals surface area contributed by atoms with Gasteiger partial charge in [0.2, 0.25) is 5.90 Å². The standard InChI is InChI=1S/C39H33N3O2/c1-21-13-25(38-41-32-19-24-9-6-7-10-27(24)36(32)44-38)18-26(14-21)43-34-20-33-28(17-23(34)3)29-15-22(2)16-31-35(29)42(33)37-30(39(31,4)5)11-8-12-40-37/h6-18,20,32,36H,19H2,1-5H3/t32-,36+/m1/s1. The van der Waals surface area contributed by atoms with E-state index in [0.29, 0.717) is 5.90 Å². The van der Waals surface area contributed by atoms with Gasteiger partial charge in [0.15, 0.2) is 0 Å². The van der Waals surface area contributed by atoms with E-state index in [1.807, 2.05) is 12.3 Å². The molecule has 0 saturated heterocycles. The molecule has 0 saturated carbocycles. The summed E-state index contributed by atoms with van der Waals surface area (Å²) in [5, 5.41) is 2.48. The average molecular weight is 576 g/mol. The molecule has 2 aliphatic heterocycles. The topological polar surface area (TPSA) is 48.6 Å². The lowest BCUT2D eigenvalue weighted by molar-refractivity contribution is 0.209. The Hall–Kier alpha value is -4.90. The number of hydrogen-bond acceptors (Lipinski definition) is 4. The first-order valence-electron chi connectivity index (χ1n) is 15.4. The summed E-state index contributed by atoms with van der Waals surface area (Å²) in [4.78, 5) is 9.93. The zero-order chi connectivity index (χ0) is 29.9. The Balaban J connectivity index is 1.15. The van der Waals surface area contributed by atoms with Crippen molar-refractivity contribution >= 4 is 27.7 Å². The summed E-state index contributed by atoms with van der Waals surface area (Å²) < 4.78 is 15.5. The van der Waals surface area contributed by atoms with E-state index in [2.05, 4.69) is 112 Å². The molecule has 1 aliphatic carbocycles. The van der Waals surface area contributed by atoms with E-state index in [-0.39, 0.29) is 17.6 Å². The van der Waals surface area contributed by atoms with Gasteiger partial charge in [0.05, 0.1) is 17.1 Å². The third-order valence-electron chi connectivity index (χ3n) is 9.83. The normalized spacial score (nSPS) is 19.0. The third kappa shape index (κ3) is 3.53. The van der Waals surface area contributed by atoms with Gasteiger partial charge >= 0.3 is 0 Å². The number of hydrogen-bond donors (Lipinski definition) is 0. The SMILES string of the molecule is Cc1cc(Oc2cc3c(cc2C)c2cc(C)cc4c2n3-c2ncccc2C4(C)C)cc(C2=N[C@@H]3Cc4ccccc4[C@@H]3O2)c1. The van der Waals surface area contributed by atoms with Crippen molar-refractivity contribution in [1.82, 2.24) is 9.55 Å². The van der Waals surface area contributed by atoms with E-state index in [0.717, 1.165) is 45.9 Å². The maximum Gasteiger partial charge on any atom is 0.217 e. The molecule has 3 aliphatic rings. The molecule has 0 fully saturated rings. The smallest absolute Gasteiger partial charge is 0.217 e. The monoisotopic (exact) mass is 575 g/mol. The molecule has 4 heterocycles. The summed E-state index contributed by atoms with van der Waals surface area (Å²) in [5.74, 6) is 3.29. The summed E-state index contributed by atoms with van der Waals surface area (Å²) in [5.41, 5.74) is 11.7. The number of ether oxygens (including phenoxy) is 2. The highest BCUT2D eigenvalue weighted by Gasteiger charge is 2.40. The van der Waals surface area contributed by atoms with Crippen LogP contribution in [0.25, 0.3) is 27.6 Å². The summed E-state index contributed by atoms with van der Waals surface area (Å²) >= 11 is 0. The molecule has 0 amide bonds. The fourth-order valence-electron chi connectivity index (χ4n) is 7.73. The van der Waals surface area contributed by atoms with Gasteiger partial charge in [-0.05, 0) is 91.4 Å². The van der Waals surface area contributed by atoms with Crippen molar-refractivity contribution in [2.45, 2.75) is 58.6 Å². The molecule has 0 radical (unpaired) electrons. The number of fused-ring (bicyclic) bond motifs is 8. The molecule has 0 spiro atoms. The van der Waals surface area contributed by atoms with Gasteiger partial charge in [-0.1, -0.05) is 55.8 Å². The van der Waals surface area contributed by atoms with Gasteiger partial charge < -0.3 is 9.47 Å². The summed E-state index contributed by atoms with van der Waals surface area (Å²) in [6.07, 6.45) is 2.81. The zero-order valence-corrected chi connectivity index (χ0v) is 25.6. The van der Waals surface area contributed by atoms with Crippen molar-refractivity contribution in [3.8, 4) is 17.3 Å². The van der Waals surface area contributed by atoms with Gasteiger partial charge in [0.25, 0.3) is 0 Å². The molecule has 44 heavy (non-hydrogen) atoms. The van der Waals surface area contributed by atoms with E-state index >= 15 is 0 Å². The number of nitrogens with zero attached hydrogens (tertiary/aromatic N) is 3. The maximum atomic E-state index is 6.70. The van der Waals surface area contributed by atoms with Crippen molar-refractivity contribution in [1.29, 1.82) is 0 Å². The van der Waals surface area contributed by atoms with Crippen molar-refractivity contribution in [3.63, 3.8) is 0 Å². The fraction of sp³-hybridized carbons (Fsp3) is 0.231. The van der Waals surface area contributed by atoms with Crippen LogP contribution in [-0.4, -0.2) is 21.5 Å². The number of benzene rings is 4. The highest BCUT2D eigenvalue weighted by atomic mass is 16.5. The Morgan fingerprint density at radius 2 is 1.70 bits per heavy atom. The predicted octanol–water partition coefficient (Wildman–Crippen LogP) is 8.98. The van der Waals surface area contributed by atoms with Gasteiger partial charge in [-0.2, -0.15) is 0 Å². The van der Waals surface area contributed by atoms with Gasteiger partial charge in [0, 0.05) is 39.6 Å². The third-order valence-corrected chi connectivity index (χ3v) is 9.83. The molecule has 5 heteroatoms. The second kappa shape index (κ2) is 8.82. The predicted molar refractivity (Wildman–Crippen MR) is 176 cm³/mol. The highest BCUT2D eigenvalue weighted by Crippen LogP contribution is 2.48. The molecule has 2 aromatic heterocycles. The lowest BCUT2D eigenvalue weighted by atomic mass is 9.75. The van der Waals surface area contributed by atoms with Gasteiger partial charge in [-0.3, -0.25) is 4.57 Å². The van der Waals surface area contributed by atoms with Gasteiger partial charge in [-0.25, -0.2) is 9.98 Å². The van der Waals surface area contributed by atoms with Crippen molar-refractivity contribution < 1.29 is 9.47 Å². The first-order valence-corrected chi connectivity index (χ1v) is 15.4. The number of pyridine rings is 1. The van der Waals surface area contributed by atoms with Crippen LogP contribution >= 0.6 is 0 Å². The lowest BCUT2D eigenvalue weighted by Gasteiger charge is -2.34. The minimum atomic E-state index is -0.157. The highest BCUT2D eigenvalue weighted by molar-refractivity contribution is 6.12. The summed E-state index contributed by atoms with van der Waals surface area (Å²) in [6, 6.07) is 28.3. The van der Waals surface area contributed by atoms with Crippen molar-refractivity contribution in [3.05, 3.63) is 130 Å². The van der Waals surface area contributed by atoms with Crippen LogP contribution in [0.15, 0.2) is 90.1 Å². The average Bonchev–Trinajstić information content (AvgIpc) is 3.66. The molecule has 2 atom stereocenters. The molecule has 0 bridgehead atoms. The van der Waals surface area contributed by atoms with Crippen LogP contribution in [0.2, 0.25) is 0 Å². The van der Waals surface area contributed by atoms with E-state index < -0.39 is 0 Å². The van der Waals surface area contributed by atoms with Crippen LogP contribution in [0, 0.1) is 20.8 Å². The molecule has 4 aromatic carbocycles. The lowest BCUT2D eigenvalue weighted by Crippen LogP contribution is -2.27. The quantitative estimate of drug-likeness (QED) is 0.212. The zero-order valence-electron chi connectivity index (χ0n) is 25.6. The van der Waals surface area contributed by atoms with Gasteiger partial charge in [0.1, 0.15) is 23.4 Å². The van der Waals surface area contributed by atoms with Crippen LogP contribution in [0.5, 0.6) is 11.5 Å². The Labute approximate surface area is 256 Å². The largest absolute Gasteiger partial charge is 0.467 e. The Morgan fingerprint density at radius 3 is 2.59 bits per heavy atom. The number of aryl methyl sites for hydroxylation is 3.